The minimum atomic E-state index is -0.383. The first kappa shape index (κ1) is 13.1. The molecule has 0 saturated carbocycles. The number of aryl methyl sites for hydroxylation is 1. The molecular formula is C13H16FN5O. The van der Waals surface area contributed by atoms with Gasteiger partial charge in [-0.25, -0.2) is 9.07 Å². The fourth-order valence-corrected chi connectivity index (χ4v) is 2.65. The lowest BCUT2D eigenvalue weighted by Gasteiger charge is -2.23. The first-order chi connectivity index (χ1) is 9.63. The second kappa shape index (κ2) is 5.26. The van der Waals surface area contributed by atoms with Crippen molar-refractivity contribution in [2.75, 3.05) is 6.54 Å². The molecule has 1 fully saturated rings. The predicted octanol–water partition coefficient (Wildman–Crippen LogP) is 0.657. The molecule has 1 aliphatic rings. The van der Waals surface area contributed by atoms with E-state index in [1.807, 2.05) is 0 Å². The van der Waals surface area contributed by atoms with Crippen LogP contribution in [0.5, 0.6) is 0 Å². The van der Waals surface area contributed by atoms with E-state index in [1.165, 1.54) is 12.1 Å². The van der Waals surface area contributed by atoms with Crippen molar-refractivity contribution >= 4 is 0 Å². The van der Waals surface area contributed by atoms with E-state index in [1.54, 1.807) is 23.9 Å². The summed E-state index contributed by atoms with van der Waals surface area (Å²) in [5.74, 6) is 0.488. The van der Waals surface area contributed by atoms with Crippen LogP contribution < -0.4 is 0 Å². The van der Waals surface area contributed by atoms with Crippen molar-refractivity contribution in [1.82, 2.24) is 25.1 Å². The molecule has 1 aliphatic heterocycles. The van der Waals surface area contributed by atoms with Gasteiger partial charge in [-0.2, -0.15) is 0 Å². The van der Waals surface area contributed by atoms with Gasteiger partial charge < -0.3 is 5.11 Å². The fourth-order valence-electron chi connectivity index (χ4n) is 2.65. The molecule has 0 radical (unpaired) electrons. The van der Waals surface area contributed by atoms with Crippen molar-refractivity contribution in [2.45, 2.75) is 25.1 Å². The maximum atomic E-state index is 13.0. The third kappa shape index (κ3) is 2.54. The standard InChI is InChI=1S/C13H16FN5O/c1-18-13(15-16-17-18)8-19-7-11(20)6-12(19)9-2-4-10(14)5-3-9/h2-5,11-12,20H,6-8H2,1H3. The summed E-state index contributed by atoms with van der Waals surface area (Å²) in [6, 6.07) is 6.48. The van der Waals surface area contributed by atoms with Crippen molar-refractivity contribution in [3.63, 3.8) is 0 Å². The van der Waals surface area contributed by atoms with Crippen LogP contribution >= 0.6 is 0 Å². The van der Waals surface area contributed by atoms with Gasteiger partial charge in [0.1, 0.15) is 5.82 Å². The summed E-state index contributed by atoms with van der Waals surface area (Å²) in [5.41, 5.74) is 0.998. The van der Waals surface area contributed by atoms with Crippen molar-refractivity contribution in [1.29, 1.82) is 0 Å². The first-order valence-electron chi connectivity index (χ1n) is 6.52. The second-order valence-electron chi connectivity index (χ2n) is 5.11. The third-order valence-electron chi connectivity index (χ3n) is 3.69. The van der Waals surface area contributed by atoms with E-state index in [9.17, 15) is 9.50 Å². The minimum absolute atomic E-state index is 0.0577. The van der Waals surface area contributed by atoms with Crippen molar-refractivity contribution in [2.24, 2.45) is 7.05 Å². The molecule has 1 N–H and O–H groups in total. The first-order valence-corrected chi connectivity index (χ1v) is 6.52. The maximum Gasteiger partial charge on any atom is 0.165 e. The summed E-state index contributed by atoms with van der Waals surface area (Å²) in [5, 5.41) is 21.3. The van der Waals surface area contributed by atoms with Gasteiger partial charge in [0.25, 0.3) is 0 Å². The Bertz CT molecular complexity index is 585. The smallest absolute Gasteiger partial charge is 0.165 e. The number of likely N-dealkylation sites (tertiary alicyclic amines) is 1. The largest absolute Gasteiger partial charge is 0.392 e. The van der Waals surface area contributed by atoms with Gasteiger partial charge in [-0.3, -0.25) is 4.90 Å². The summed E-state index contributed by atoms with van der Waals surface area (Å²) in [4.78, 5) is 2.11. The van der Waals surface area contributed by atoms with Crippen LogP contribution in [-0.4, -0.2) is 42.9 Å². The highest BCUT2D eigenvalue weighted by Crippen LogP contribution is 2.33. The molecule has 2 heterocycles. The zero-order valence-electron chi connectivity index (χ0n) is 11.1. The van der Waals surface area contributed by atoms with Gasteiger partial charge in [0.15, 0.2) is 5.82 Å². The Morgan fingerprint density at radius 1 is 1.35 bits per heavy atom. The lowest BCUT2D eigenvalue weighted by Crippen LogP contribution is -2.26. The molecule has 1 aromatic heterocycles. The van der Waals surface area contributed by atoms with Gasteiger partial charge in [0.05, 0.1) is 12.6 Å². The summed E-state index contributed by atoms with van der Waals surface area (Å²) in [7, 11) is 1.79. The molecule has 2 unspecified atom stereocenters. The topological polar surface area (TPSA) is 67.1 Å². The minimum Gasteiger partial charge on any atom is -0.392 e. The molecule has 1 aromatic carbocycles. The van der Waals surface area contributed by atoms with Crippen molar-refractivity contribution in [3.05, 3.63) is 41.5 Å². The van der Waals surface area contributed by atoms with E-state index in [2.05, 4.69) is 20.4 Å². The van der Waals surface area contributed by atoms with Crippen LogP contribution in [0.25, 0.3) is 0 Å². The molecule has 106 valence electrons. The number of nitrogens with zero attached hydrogens (tertiary/aromatic N) is 5. The number of hydrogen-bond acceptors (Lipinski definition) is 5. The van der Waals surface area contributed by atoms with Crippen LogP contribution in [0.1, 0.15) is 23.9 Å². The molecule has 3 rings (SSSR count). The van der Waals surface area contributed by atoms with Crippen molar-refractivity contribution in [3.8, 4) is 0 Å². The van der Waals surface area contributed by atoms with Crippen LogP contribution in [0.3, 0.4) is 0 Å². The lowest BCUT2D eigenvalue weighted by atomic mass is 10.0. The summed E-state index contributed by atoms with van der Waals surface area (Å²) in [6.45, 7) is 1.12. The maximum absolute atomic E-state index is 13.0. The molecule has 20 heavy (non-hydrogen) atoms. The molecule has 7 heteroatoms. The third-order valence-corrected chi connectivity index (χ3v) is 3.69. The highest BCUT2D eigenvalue weighted by molar-refractivity contribution is 5.21. The Morgan fingerprint density at radius 2 is 2.10 bits per heavy atom. The molecular weight excluding hydrogens is 261 g/mol. The van der Waals surface area contributed by atoms with E-state index >= 15 is 0 Å². The van der Waals surface area contributed by atoms with Crippen LogP contribution in [0.2, 0.25) is 0 Å². The monoisotopic (exact) mass is 277 g/mol. The number of β-amino-alcohol motifs (C(OH)–C–C–N with tert-alkyl or cyclic N) is 1. The number of halogens is 1. The summed E-state index contributed by atoms with van der Waals surface area (Å²) in [6.07, 6.45) is 0.253. The molecule has 0 bridgehead atoms. The van der Waals surface area contributed by atoms with Gasteiger partial charge in [-0.1, -0.05) is 12.1 Å². The van der Waals surface area contributed by atoms with E-state index in [0.717, 1.165) is 11.4 Å². The molecule has 6 nitrogen and oxygen atoms in total. The van der Waals surface area contributed by atoms with Crippen LogP contribution in [-0.2, 0) is 13.6 Å². The summed E-state index contributed by atoms with van der Waals surface area (Å²) >= 11 is 0. The van der Waals surface area contributed by atoms with Crippen LogP contribution in [0.15, 0.2) is 24.3 Å². The molecule has 2 atom stereocenters. The van der Waals surface area contributed by atoms with Gasteiger partial charge in [-0.15, -0.1) is 5.10 Å². The zero-order chi connectivity index (χ0) is 14.1. The van der Waals surface area contributed by atoms with E-state index in [0.29, 0.717) is 19.5 Å². The Labute approximate surface area is 115 Å². The SMILES string of the molecule is Cn1nnnc1CN1CC(O)CC1c1ccc(F)cc1. The molecule has 0 amide bonds. The quantitative estimate of drug-likeness (QED) is 0.892. The predicted molar refractivity (Wildman–Crippen MR) is 69.0 cm³/mol. The normalized spacial score (nSPS) is 23.4. The molecule has 1 saturated heterocycles. The highest BCUT2D eigenvalue weighted by Gasteiger charge is 2.32. The van der Waals surface area contributed by atoms with Gasteiger partial charge in [0.2, 0.25) is 0 Å². The number of benzene rings is 1. The summed E-state index contributed by atoms with van der Waals surface area (Å²) < 4.78 is 14.6. The van der Waals surface area contributed by atoms with E-state index < -0.39 is 0 Å². The molecule has 0 aliphatic carbocycles. The zero-order valence-corrected chi connectivity index (χ0v) is 11.1. The number of aliphatic hydroxyl groups excluding tert-OH is 1. The van der Waals surface area contributed by atoms with Gasteiger partial charge >= 0.3 is 0 Å². The molecule has 0 spiro atoms. The Morgan fingerprint density at radius 3 is 2.75 bits per heavy atom. The fraction of sp³-hybridized carbons (Fsp3) is 0.462. The van der Waals surface area contributed by atoms with Gasteiger partial charge in [-0.05, 0) is 34.5 Å². The Hall–Kier alpha value is -1.86. The molecule has 2 aromatic rings. The Kier molecular flexibility index (Phi) is 3.45. The average Bonchev–Trinajstić information content (AvgIpc) is 2.98. The number of rotatable bonds is 3. The number of tetrazole rings is 1. The van der Waals surface area contributed by atoms with Crippen LogP contribution in [0.4, 0.5) is 4.39 Å². The van der Waals surface area contributed by atoms with Gasteiger partial charge in [0, 0.05) is 19.6 Å². The Balaban J connectivity index is 1.81. The number of aliphatic hydroxyl groups is 1. The second-order valence-corrected chi connectivity index (χ2v) is 5.11. The number of hydrogen-bond donors (Lipinski definition) is 1. The van der Waals surface area contributed by atoms with Crippen LogP contribution in [0, 0.1) is 5.82 Å². The van der Waals surface area contributed by atoms with E-state index in [-0.39, 0.29) is 18.0 Å². The average molecular weight is 277 g/mol. The lowest BCUT2D eigenvalue weighted by molar-refractivity contribution is 0.170. The van der Waals surface area contributed by atoms with Crippen molar-refractivity contribution < 1.29 is 9.50 Å². The van der Waals surface area contributed by atoms with E-state index in [4.69, 9.17) is 0 Å². The highest BCUT2D eigenvalue weighted by atomic mass is 19.1. The number of aromatic nitrogens is 4.